The minimum absolute atomic E-state index is 0.0595. The van der Waals surface area contributed by atoms with Crippen LogP contribution in [0.5, 0.6) is 0 Å². The van der Waals surface area contributed by atoms with Crippen LogP contribution in [0.15, 0.2) is 36.4 Å². The molecule has 5 nitrogen and oxygen atoms in total. The van der Waals surface area contributed by atoms with E-state index in [0.717, 1.165) is 24.9 Å². The highest BCUT2D eigenvalue weighted by molar-refractivity contribution is 5.92. The van der Waals surface area contributed by atoms with Crippen molar-refractivity contribution in [3.8, 4) is 0 Å². The number of carbonyl (C=O) groups is 2. The number of unbranched alkanes of at least 4 members (excludes halogenated alkanes) is 1. The number of ether oxygens (including phenoxy) is 1. The zero-order valence-corrected chi connectivity index (χ0v) is 16.6. The molecule has 1 fully saturated rings. The molecule has 0 N–H and O–H groups in total. The third kappa shape index (κ3) is 7.55. The number of esters is 1. The first kappa shape index (κ1) is 21.2. The fourth-order valence-electron chi connectivity index (χ4n) is 3.38. The number of amides is 1. The van der Waals surface area contributed by atoms with Gasteiger partial charge in [0.1, 0.15) is 0 Å². The summed E-state index contributed by atoms with van der Waals surface area (Å²) in [6.45, 7) is 6.33. The van der Waals surface area contributed by atoms with E-state index in [1.807, 2.05) is 36.4 Å². The van der Waals surface area contributed by atoms with Gasteiger partial charge < -0.3 is 14.5 Å². The summed E-state index contributed by atoms with van der Waals surface area (Å²) >= 11 is 0. The average molecular weight is 373 g/mol. The van der Waals surface area contributed by atoms with Crippen LogP contribution in [-0.4, -0.2) is 61.5 Å². The Balaban J connectivity index is 1.89. The Labute approximate surface area is 163 Å². The first-order valence-corrected chi connectivity index (χ1v) is 9.92. The van der Waals surface area contributed by atoms with Crippen LogP contribution in [0.2, 0.25) is 0 Å². The van der Waals surface area contributed by atoms with Crippen LogP contribution in [0.3, 0.4) is 0 Å². The summed E-state index contributed by atoms with van der Waals surface area (Å²) in [4.78, 5) is 28.7. The Hall–Kier alpha value is -2.14. The van der Waals surface area contributed by atoms with Gasteiger partial charge in [-0.2, -0.15) is 0 Å². The molecule has 1 aromatic rings. The van der Waals surface area contributed by atoms with E-state index >= 15 is 0 Å². The number of nitrogens with zero attached hydrogens (tertiary/aromatic N) is 2. The zero-order valence-electron chi connectivity index (χ0n) is 16.6. The van der Waals surface area contributed by atoms with Gasteiger partial charge in [-0.15, -0.1) is 0 Å². The van der Waals surface area contributed by atoms with Crippen molar-refractivity contribution in [3.63, 3.8) is 0 Å². The highest BCUT2D eigenvalue weighted by Gasteiger charge is 2.20. The van der Waals surface area contributed by atoms with Crippen molar-refractivity contribution in [1.29, 1.82) is 0 Å². The zero-order chi connectivity index (χ0) is 19.5. The Morgan fingerprint density at radius 3 is 2.56 bits per heavy atom. The van der Waals surface area contributed by atoms with Crippen molar-refractivity contribution < 1.29 is 14.3 Å². The molecule has 1 aliphatic rings. The molecular weight excluding hydrogens is 340 g/mol. The smallest absolute Gasteiger partial charge is 0.310 e. The van der Waals surface area contributed by atoms with Crippen molar-refractivity contribution in [2.24, 2.45) is 5.92 Å². The molecule has 0 aliphatic carbocycles. The molecule has 0 saturated carbocycles. The van der Waals surface area contributed by atoms with Gasteiger partial charge in [0.15, 0.2) is 0 Å². The minimum atomic E-state index is -0.331. The topological polar surface area (TPSA) is 49.9 Å². The van der Waals surface area contributed by atoms with E-state index in [1.54, 1.807) is 17.9 Å². The Morgan fingerprint density at radius 1 is 1.19 bits per heavy atom. The normalized spacial score (nSPS) is 15.8. The maximum atomic E-state index is 12.7. The van der Waals surface area contributed by atoms with E-state index < -0.39 is 0 Å². The van der Waals surface area contributed by atoms with Gasteiger partial charge >= 0.3 is 5.97 Å². The number of carbonyl (C=O) groups excluding carboxylic acids is 2. The predicted octanol–water partition coefficient (Wildman–Crippen LogP) is 3.21. The third-order valence-corrected chi connectivity index (χ3v) is 4.98. The number of likely N-dealkylation sites (tertiary alicyclic amines) is 1. The molecule has 1 heterocycles. The van der Waals surface area contributed by atoms with Crippen LogP contribution in [0.1, 0.15) is 38.2 Å². The second-order valence-corrected chi connectivity index (χ2v) is 7.21. The molecule has 2 rings (SSSR count). The van der Waals surface area contributed by atoms with Crippen molar-refractivity contribution in [2.75, 3.05) is 39.8 Å². The van der Waals surface area contributed by atoms with E-state index in [-0.39, 0.29) is 17.8 Å². The maximum absolute atomic E-state index is 12.7. The van der Waals surface area contributed by atoms with Crippen LogP contribution < -0.4 is 0 Å². The molecular formula is C22H32N2O3. The fourth-order valence-corrected chi connectivity index (χ4v) is 3.38. The lowest BCUT2D eigenvalue weighted by Crippen LogP contribution is -2.37. The second kappa shape index (κ2) is 11.5. The van der Waals surface area contributed by atoms with Crippen LogP contribution in [0.25, 0.3) is 6.08 Å². The Kier molecular flexibility index (Phi) is 9.05. The second-order valence-electron chi connectivity index (χ2n) is 7.21. The van der Waals surface area contributed by atoms with Crippen molar-refractivity contribution in [3.05, 3.63) is 42.0 Å². The van der Waals surface area contributed by atoms with Crippen molar-refractivity contribution >= 4 is 18.0 Å². The summed E-state index contributed by atoms with van der Waals surface area (Å²) in [7, 11) is 1.39. The molecule has 0 aromatic heterocycles. The first-order valence-electron chi connectivity index (χ1n) is 9.92. The van der Waals surface area contributed by atoms with Crippen LogP contribution >= 0.6 is 0 Å². The number of hydrogen-bond acceptors (Lipinski definition) is 4. The van der Waals surface area contributed by atoms with E-state index in [9.17, 15) is 9.59 Å². The highest BCUT2D eigenvalue weighted by atomic mass is 16.5. The van der Waals surface area contributed by atoms with Crippen molar-refractivity contribution in [2.45, 2.75) is 32.6 Å². The summed E-state index contributed by atoms with van der Waals surface area (Å²) in [5.41, 5.74) is 0.987. The predicted molar refractivity (Wildman–Crippen MR) is 108 cm³/mol. The van der Waals surface area contributed by atoms with Gasteiger partial charge in [0.25, 0.3) is 0 Å². The fraction of sp³-hybridized carbons (Fsp3) is 0.545. The molecule has 0 radical (unpaired) electrons. The van der Waals surface area contributed by atoms with Gasteiger partial charge in [0.05, 0.1) is 13.0 Å². The number of hydrogen-bond donors (Lipinski definition) is 0. The summed E-state index contributed by atoms with van der Waals surface area (Å²) < 4.78 is 4.81. The molecule has 27 heavy (non-hydrogen) atoms. The first-order chi connectivity index (χ1) is 13.1. The lowest BCUT2D eigenvalue weighted by Gasteiger charge is -2.24. The molecule has 5 heteroatoms. The van der Waals surface area contributed by atoms with Gasteiger partial charge in [0.2, 0.25) is 5.91 Å². The van der Waals surface area contributed by atoms with E-state index in [0.29, 0.717) is 13.1 Å². The Morgan fingerprint density at radius 2 is 1.89 bits per heavy atom. The molecule has 148 valence electrons. The van der Waals surface area contributed by atoms with E-state index in [4.69, 9.17) is 4.74 Å². The summed E-state index contributed by atoms with van der Waals surface area (Å²) in [5, 5.41) is 0. The third-order valence-electron chi connectivity index (χ3n) is 4.98. The molecule has 0 spiro atoms. The summed E-state index contributed by atoms with van der Waals surface area (Å²) in [5.74, 6) is -0.671. The van der Waals surface area contributed by atoms with Gasteiger partial charge in [-0.1, -0.05) is 37.3 Å². The average Bonchev–Trinajstić information content (AvgIpc) is 3.21. The van der Waals surface area contributed by atoms with Gasteiger partial charge in [-0.25, -0.2) is 0 Å². The number of rotatable bonds is 10. The lowest BCUT2D eigenvalue weighted by atomic mass is 10.1. The molecule has 1 atom stereocenters. The van der Waals surface area contributed by atoms with Crippen LogP contribution in [0, 0.1) is 5.92 Å². The van der Waals surface area contributed by atoms with Gasteiger partial charge in [-0.3, -0.25) is 9.59 Å². The largest absolute Gasteiger partial charge is 0.469 e. The maximum Gasteiger partial charge on any atom is 0.310 e. The van der Waals surface area contributed by atoms with E-state index in [2.05, 4.69) is 4.90 Å². The number of methoxy groups -OCH3 is 1. The molecule has 1 saturated heterocycles. The molecule has 1 aromatic carbocycles. The standard InChI is InChI=1S/C22H32N2O3/c1-19(22(26)27-2)18-24(17-9-8-16-23-14-6-7-15-23)21(25)13-12-20-10-4-3-5-11-20/h3-5,10-13,19H,6-9,14-18H2,1-2H3/b13-12+. The molecule has 1 amide bonds. The summed E-state index contributed by atoms with van der Waals surface area (Å²) in [6.07, 6.45) is 8.02. The number of benzene rings is 1. The van der Waals surface area contributed by atoms with Crippen LogP contribution in [0.4, 0.5) is 0 Å². The van der Waals surface area contributed by atoms with Gasteiger partial charge in [-0.05, 0) is 57.0 Å². The molecule has 0 bridgehead atoms. The quantitative estimate of drug-likeness (QED) is 0.359. The van der Waals surface area contributed by atoms with Gasteiger partial charge in [0, 0.05) is 19.2 Å². The minimum Gasteiger partial charge on any atom is -0.469 e. The van der Waals surface area contributed by atoms with E-state index in [1.165, 1.54) is 33.0 Å². The highest BCUT2D eigenvalue weighted by Crippen LogP contribution is 2.10. The SMILES string of the molecule is COC(=O)C(C)CN(CCCCN1CCCC1)C(=O)/C=C/c1ccccc1. The molecule has 1 aliphatic heterocycles. The van der Waals surface area contributed by atoms with Crippen molar-refractivity contribution in [1.82, 2.24) is 9.80 Å². The van der Waals surface area contributed by atoms with Crippen LogP contribution in [-0.2, 0) is 14.3 Å². The Bertz CT molecular complexity index is 609. The lowest BCUT2D eigenvalue weighted by molar-refractivity contribution is -0.146. The summed E-state index contributed by atoms with van der Waals surface area (Å²) in [6, 6.07) is 9.76. The molecule has 1 unspecified atom stereocenters. The monoisotopic (exact) mass is 372 g/mol.